The second-order valence-electron chi connectivity index (χ2n) is 7.02. The van der Waals surface area contributed by atoms with Crippen molar-refractivity contribution in [2.45, 2.75) is 6.42 Å². The van der Waals surface area contributed by atoms with Crippen LogP contribution in [0.25, 0.3) is 10.9 Å². The number of nitrogens with one attached hydrogen (secondary N) is 3. The van der Waals surface area contributed by atoms with E-state index in [0.717, 1.165) is 16.5 Å². The average molecular weight is 461 g/mol. The second-order valence-corrected chi connectivity index (χ2v) is 7.02. The maximum atomic E-state index is 13.8. The van der Waals surface area contributed by atoms with Crippen molar-refractivity contribution in [3.05, 3.63) is 89.4 Å². The maximum Gasteiger partial charge on any atom is 0.319 e. The number of aromatic amines is 1. The Morgan fingerprint density at radius 2 is 1.58 bits per heavy atom. The maximum absolute atomic E-state index is 13.8. The molecule has 0 aliphatic heterocycles. The molecule has 0 saturated heterocycles. The van der Waals surface area contributed by atoms with Gasteiger partial charge in [0.2, 0.25) is 34.8 Å². The van der Waals surface area contributed by atoms with Crippen molar-refractivity contribution < 1.29 is 31.5 Å². The number of halogens is 5. The van der Waals surface area contributed by atoms with E-state index in [-0.39, 0.29) is 11.4 Å². The lowest BCUT2D eigenvalue weighted by Gasteiger charge is -2.12. The van der Waals surface area contributed by atoms with Crippen molar-refractivity contribution in [3.63, 3.8) is 0 Å². The molecule has 0 saturated carbocycles. The lowest BCUT2D eigenvalue weighted by Crippen LogP contribution is -2.30. The molecule has 5 nitrogen and oxygen atoms in total. The first-order valence-corrected chi connectivity index (χ1v) is 9.74. The molecule has 4 aromatic rings. The highest BCUT2D eigenvalue weighted by atomic mass is 19.2. The molecule has 0 fully saturated rings. The van der Waals surface area contributed by atoms with E-state index in [1.165, 1.54) is 24.3 Å². The van der Waals surface area contributed by atoms with Crippen LogP contribution in [0.4, 0.5) is 32.4 Å². The Bertz CT molecular complexity index is 1310. The summed E-state index contributed by atoms with van der Waals surface area (Å²) in [5, 5.41) is 6.24. The van der Waals surface area contributed by atoms with Crippen LogP contribution in [0.15, 0.2) is 54.7 Å². The number of ether oxygens (including phenoxy) is 1. The SMILES string of the molecule is O=C(NCCc1c[nH]c2ccccc12)Nc1cccc(Oc2c(F)c(F)c(F)c(F)c2F)c1. The van der Waals surface area contributed by atoms with Gasteiger partial charge in [0.25, 0.3) is 0 Å². The van der Waals surface area contributed by atoms with Crippen LogP contribution in [0.1, 0.15) is 5.56 Å². The van der Waals surface area contributed by atoms with Gasteiger partial charge in [-0.25, -0.2) is 18.0 Å². The number of carbonyl (C=O) groups excluding carboxylic acids is 1. The molecule has 0 spiro atoms. The quantitative estimate of drug-likeness (QED) is 0.187. The van der Waals surface area contributed by atoms with Crippen LogP contribution in [0.5, 0.6) is 11.5 Å². The molecule has 0 unspecified atom stereocenters. The standard InChI is InChI=1S/C23H16F5N3O2/c24-17-18(25)20(27)22(21(28)19(17)26)33-14-5-3-4-13(10-14)31-23(32)29-9-8-12-11-30-16-7-2-1-6-15(12)16/h1-7,10-11,30H,8-9H2,(H2,29,31,32). The van der Waals surface area contributed by atoms with Gasteiger partial charge in [0, 0.05) is 35.4 Å². The van der Waals surface area contributed by atoms with Gasteiger partial charge in [-0.2, -0.15) is 8.78 Å². The van der Waals surface area contributed by atoms with E-state index < -0.39 is 40.9 Å². The van der Waals surface area contributed by atoms with Crippen molar-refractivity contribution >= 4 is 22.6 Å². The van der Waals surface area contributed by atoms with Crippen LogP contribution in [-0.2, 0) is 6.42 Å². The summed E-state index contributed by atoms with van der Waals surface area (Å²) in [7, 11) is 0. The summed E-state index contributed by atoms with van der Waals surface area (Å²) < 4.78 is 72.4. The van der Waals surface area contributed by atoms with Crippen LogP contribution in [-0.4, -0.2) is 17.6 Å². The zero-order valence-electron chi connectivity index (χ0n) is 16.8. The third-order valence-corrected chi connectivity index (χ3v) is 4.84. The van der Waals surface area contributed by atoms with Gasteiger partial charge >= 0.3 is 6.03 Å². The molecule has 0 bridgehead atoms. The van der Waals surface area contributed by atoms with E-state index in [0.29, 0.717) is 13.0 Å². The Hall–Kier alpha value is -4.08. The Morgan fingerprint density at radius 3 is 2.33 bits per heavy atom. The molecule has 2 amide bonds. The second kappa shape index (κ2) is 9.19. The molecule has 3 N–H and O–H groups in total. The number of amides is 2. The average Bonchev–Trinajstić information content (AvgIpc) is 3.23. The predicted octanol–water partition coefficient (Wildman–Crippen LogP) is 6.02. The van der Waals surface area contributed by atoms with E-state index in [1.54, 1.807) is 0 Å². The molecule has 33 heavy (non-hydrogen) atoms. The fourth-order valence-corrected chi connectivity index (χ4v) is 3.25. The molecule has 0 radical (unpaired) electrons. The number of benzene rings is 3. The first-order chi connectivity index (χ1) is 15.8. The summed E-state index contributed by atoms with van der Waals surface area (Å²) in [6, 6.07) is 12.4. The summed E-state index contributed by atoms with van der Waals surface area (Å²) in [5.74, 6) is -12.4. The fourth-order valence-electron chi connectivity index (χ4n) is 3.25. The zero-order valence-corrected chi connectivity index (χ0v) is 16.8. The Kier molecular flexibility index (Phi) is 6.16. The van der Waals surface area contributed by atoms with Gasteiger partial charge in [-0.15, -0.1) is 0 Å². The minimum Gasteiger partial charge on any atom is -0.451 e. The van der Waals surface area contributed by atoms with Crippen molar-refractivity contribution in [3.8, 4) is 11.5 Å². The number of fused-ring (bicyclic) bond motifs is 1. The fraction of sp³-hybridized carbons (Fsp3) is 0.0870. The van der Waals surface area contributed by atoms with Crippen molar-refractivity contribution in [1.82, 2.24) is 10.3 Å². The van der Waals surface area contributed by atoms with Crippen molar-refractivity contribution in [1.29, 1.82) is 0 Å². The van der Waals surface area contributed by atoms with Crippen molar-refractivity contribution in [2.24, 2.45) is 0 Å². The van der Waals surface area contributed by atoms with Gasteiger partial charge in [0.05, 0.1) is 0 Å². The van der Waals surface area contributed by atoms with E-state index in [1.807, 2.05) is 30.5 Å². The highest BCUT2D eigenvalue weighted by Gasteiger charge is 2.27. The number of carbonyl (C=O) groups is 1. The largest absolute Gasteiger partial charge is 0.451 e. The van der Waals surface area contributed by atoms with E-state index >= 15 is 0 Å². The van der Waals surface area contributed by atoms with Gasteiger partial charge in [-0.05, 0) is 30.2 Å². The molecular formula is C23H16F5N3O2. The minimum absolute atomic E-state index is 0.181. The molecule has 0 aliphatic carbocycles. The number of H-pyrrole nitrogens is 1. The number of para-hydroxylation sites is 1. The van der Waals surface area contributed by atoms with Gasteiger partial charge in [0.1, 0.15) is 5.75 Å². The molecule has 4 rings (SSSR count). The third-order valence-electron chi connectivity index (χ3n) is 4.84. The summed E-state index contributed by atoms with van der Waals surface area (Å²) >= 11 is 0. The molecule has 1 heterocycles. The minimum atomic E-state index is -2.28. The predicted molar refractivity (Wildman–Crippen MR) is 112 cm³/mol. The molecule has 0 aliphatic rings. The number of aromatic nitrogens is 1. The number of rotatable bonds is 6. The first kappa shape index (κ1) is 22.1. The van der Waals surface area contributed by atoms with Crippen LogP contribution >= 0.6 is 0 Å². The Morgan fingerprint density at radius 1 is 0.879 bits per heavy atom. The Labute approximate surface area is 184 Å². The number of urea groups is 1. The topological polar surface area (TPSA) is 66.2 Å². The van der Waals surface area contributed by atoms with Gasteiger partial charge in [0.15, 0.2) is 0 Å². The number of hydrogen-bond acceptors (Lipinski definition) is 2. The summed E-state index contributed by atoms with van der Waals surface area (Å²) in [6.07, 6.45) is 2.44. The number of anilines is 1. The van der Waals surface area contributed by atoms with E-state index in [4.69, 9.17) is 4.74 Å². The molecular weight excluding hydrogens is 445 g/mol. The highest BCUT2D eigenvalue weighted by Crippen LogP contribution is 2.33. The lowest BCUT2D eigenvalue weighted by molar-refractivity contribution is 0.252. The summed E-state index contributed by atoms with van der Waals surface area (Å²) in [6.45, 7) is 0.328. The smallest absolute Gasteiger partial charge is 0.319 e. The highest BCUT2D eigenvalue weighted by molar-refractivity contribution is 5.89. The molecule has 3 aromatic carbocycles. The van der Waals surface area contributed by atoms with Crippen LogP contribution in [0.2, 0.25) is 0 Å². The molecule has 170 valence electrons. The summed E-state index contributed by atoms with van der Waals surface area (Å²) in [5.41, 5.74) is 2.20. The van der Waals surface area contributed by atoms with Gasteiger partial charge < -0.3 is 20.4 Å². The third kappa shape index (κ3) is 4.59. The normalized spacial score (nSPS) is 10.9. The van der Waals surface area contributed by atoms with Crippen molar-refractivity contribution in [2.75, 3.05) is 11.9 Å². The molecule has 1 aromatic heterocycles. The van der Waals surface area contributed by atoms with Gasteiger partial charge in [-0.1, -0.05) is 24.3 Å². The molecule has 0 atom stereocenters. The van der Waals surface area contributed by atoms with Crippen LogP contribution in [0, 0.1) is 29.1 Å². The zero-order chi connectivity index (χ0) is 23.5. The molecule has 10 heteroatoms. The lowest BCUT2D eigenvalue weighted by atomic mass is 10.1. The van der Waals surface area contributed by atoms with Gasteiger partial charge in [-0.3, -0.25) is 0 Å². The first-order valence-electron chi connectivity index (χ1n) is 9.74. The van der Waals surface area contributed by atoms with Crippen LogP contribution < -0.4 is 15.4 Å². The Balaban J connectivity index is 1.39. The van der Waals surface area contributed by atoms with E-state index in [2.05, 4.69) is 15.6 Å². The monoisotopic (exact) mass is 461 g/mol. The van der Waals surface area contributed by atoms with E-state index in [9.17, 15) is 26.7 Å². The summed E-state index contributed by atoms with van der Waals surface area (Å²) in [4.78, 5) is 15.3. The number of hydrogen-bond donors (Lipinski definition) is 3. The van der Waals surface area contributed by atoms with Crippen LogP contribution in [0.3, 0.4) is 0 Å².